The summed E-state index contributed by atoms with van der Waals surface area (Å²) >= 11 is 0. The lowest BCUT2D eigenvalue weighted by Crippen LogP contribution is -2.25. The van der Waals surface area contributed by atoms with Crippen LogP contribution in [0.5, 0.6) is 0 Å². The Hall–Kier alpha value is -1.63. The van der Waals surface area contributed by atoms with Crippen LogP contribution in [0.1, 0.15) is 33.1 Å². The molecule has 3 N–H and O–H groups in total. The van der Waals surface area contributed by atoms with Gasteiger partial charge in [-0.05, 0) is 26.0 Å². The third-order valence-electron chi connectivity index (χ3n) is 3.49. The molecule has 1 aliphatic rings. The van der Waals surface area contributed by atoms with Gasteiger partial charge in [0.05, 0.1) is 11.4 Å². The zero-order valence-corrected chi connectivity index (χ0v) is 14.0. The van der Waals surface area contributed by atoms with Gasteiger partial charge in [0.1, 0.15) is 0 Å². The topological polar surface area (TPSA) is 82.7 Å². The maximum atomic E-state index is 12.3. The highest BCUT2D eigenvalue weighted by molar-refractivity contribution is 6.04. The number of aromatic amines is 1. The van der Waals surface area contributed by atoms with Gasteiger partial charge in [-0.15, -0.1) is 24.8 Å². The molecule has 0 aliphatic carbocycles. The highest BCUT2D eigenvalue weighted by Gasteiger charge is 2.21. The Labute approximate surface area is 141 Å². The van der Waals surface area contributed by atoms with E-state index >= 15 is 0 Å². The van der Waals surface area contributed by atoms with Gasteiger partial charge in [-0.3, -0.25) is 14.9 Å². The summed E-state index contributed by atoms with van der Waals surface area (Å²) in [5.74, 6) is -0.194. The molecule has 0 spiro atoms. The van der Waals surface area contributed by atoms with E-state index in [0.29, 0.717) is 12.2 Å². The van der Waals surface area contributed by atoms with Gasteiger partial charge in [-0.2, -0.15) is 5.10 Å². The standard InChI is InChI=1S/C14H17N5O.2ClH/c1-8-3-4-11(9(2)16-8)17-14(20)13-10-7-15-6-5-12(10)18-19-13;;/h3-4,15H,5-7H2,1-2H3,(H,17,20)(H,18,19);2*1H. The summed E-state index contributed by atoms with van der Waals surface area (Å²) in [6, 6.07) is 3.75. The van der Waals surface area contributed by atoms with Gasteiger partial charge in [-0.25, -0.2) is 0 Å². The molecule has 0 saturated carbocycles. The van der Waals surface area contributed by atoms with Crippen LogP contribution in [0, 0.1) is 13.8 Å². The van der Waals surface area contributed by atoms with Crippen LogP contribution >= 0.6 is 24.8 Å². The van der Waals surface area contributed by atoms with E-state index in [1.54, 1.807) is 0 Å². The van der Waals surface area contributed by atoms with Gasteiger partial charge in [-0.1, -0.05) is 0 Å². The maximum Gasteiger partial charge on any atom is 0.276 e. The molecule has 0 aromatic carbocycles. The molecule has 2 aromatic rings. The maximum absolute atomic E-state index is 12.3. The van der Waals surface area contributed by atoms with Gasteiger partial charge >= 0.3 is 0 Å². The molecular formula is C14H19Cl2N5O. The van der Waals surface area contributed by atoms with Gasteiger partial charge in [0, 0.05) is 36.5 Å². The number of hydrogen-bond acceptors (Lipinski definition) is 4. The molecular weight excluding hydrogens is 325 g/mol. The number of nitrogens with zero attached hydrogens (tertiary/aromatic N) is 2. The number of aromatic nitrogens is 3. The minimum Gasteiger partial charge on any atom is -0.319 e. The Bertz CT molecular complexity index is 671. The fourth-order valence-electron chi connectivity index (χ4n) is 2.41. The van der Waals surface area contributed by atoms with Crippen molar-refractivity contribution in [1.82, 2.24) is 20.5 Å². The van der Waals surface area contributed by atoms with Crippen molar-refractivity contribution in [2.45, 2.75) is 26.8 Å². The van der Waals surface area contributed by atoms with Crippen molar-refractivity contribution >= 4 is 36.4 Å². The van der Waals surface area contributed by atoms with Crippen LogP contribution in [0.25, 0.3) is 0 Å². The molecule has 8 heteroatoms. The number of fused-ring (bicyclic) bond motifs is 1. The number of halogens is 2. The Balaban J connectivity index is 0.00000121. The molecule has 0 fully saturated rings. The highest BCUT2D eigenvalue weighted by Crippen LogP contribution is 2.18. The summed E-state index contributed by atoms with van der Waals surface area (Å²) < 4.78 is 0. The molecule has 3 rings (SSSR count). The number of rotatable bonds is 2. The predicted molar refractivity (Wildman–Crippen MR) is 90.2 cm³/mol. The number of carbonyl (C=O) groups is 1. The lowest BCUT2D eigenvalue weighted by molar-refractivity contribution is 0.102. The number of amides is 1. The minimum atomic E-state index is -0.194. The third-order valence-corrected chi connectivity index (χ3v) is 3.49. The van der Waals surface area contributed by atoms with Crippen LogP contribution in [0.2, 0.25) is 0 Å². The lowest BCUT2D eigenvalue weighted by Gasteiger charge is -2.13. The van der Waals surface area contributed by atoms with Crippen molar-refractivity contribution in [2.75, 3.05) is 11.9 Å². The molecule has 22 heavy (non-hydrogen) atoms. The van der Waals surface area contributed by atoms with Crippen molar-refractivity contribution < 1.29 is 4.79 Å². The summed E-state index contributed by atoms with van der Waals surface area (Å²) in [5, 5.41) is 13.2. The Morgan fingerprint density at radius 1 is 1.27 bits per heavy atom. The summed E-state index contributed by atoms with van der Waals surface area (Å²) in [6.45, 7) is 5.40. The zero-order chi connectivity index (χ0) is 14.1. The van der Waals surface area contributed by atoms with Crippen LogP contribution in [0.3, 0.4) is 0 Å². The van der Waals surface area contributed by atoms with Crippen LogP contribution < -0.4 is 10.6 Å². The quantitative estimate of drug-likeness (QED) is 0.780. The molecule has 0 saturated heterocycles. The molecule has 2 aromatic heterocycles. The minimum absolute atomic E-state index is 0. The molecule has 0 atom stereocenters. The summed E-state index contributed by atoms with van der Waals surface area (Å²) in [7, 11) is 0. The van der Waals surface area contributed by atoms with Crippen LogP contribution in [-0.4, -0.2) is 27.6 Å². The molecule has 1 amide bonds. The van der Waals surface area contributed by atoms with Crippen LogP contribution in [0.15, 0.2) is 12.1 Å². The molecule has 0 unspecified atom stereocenters. The van der Waals surface area contributed by atoms with E-state index in [4.69, 9.17) is 0 Å². The van der Waals surface area contributed by atoms with Crippen LogP contribution in [0.4, 0.5) is 5.69 Å². The lowest BCUT2D eigenvalue weighted by atomic mass is 10.1. The Kier molecular flexibility index (Phi) is 6.34. The first-order valence-corrected chi connectivity index (χ1v) is 6.67. The monoisotopic (exact) mass is 343 g/mol. The van der Waals surface area contributed by atoms with E-state index in [2.05, 4.69) is 25.8 Å². The Morgan fingerprint density at radius 3 is 2.77 bits per heavy atom. The average molecular weight is 344 g/mol. The summed E-state index contributed by atoms with van der Waals surface area (Å²) in [4.78, 5) is 16.7. The summed E-state index contributed by atoms with van der Waals surface area (Å²) in [6.07, 6.45) is 0.876. The van der Waals surface area contributed by atoms with Gasteiger partial charge in [0.25, 0.3) is 5.91 Å². The number of aryl methyl sites for hydroxylation is 2. The first-order valence-electron chi connectivity index (χ1n) is 6.67. The first kappa shape index (κ1) is 18.4. The normalized spacial score (nSPS) is 12.6. The number of H-pyrrole nitrogens is 1. The largest absolute Gasteiger partial charge is 0.319 e. The van der Waals surface area contributed by atoms with Crippen molar-refractivity contribution in [2.24, 2.45) is 0 Å². The summed E-state index contributed by atoms with van der Waals surface area (Å²) in [5.41, 5.74) is 4.94. The van der Waals surface area contributed by atoms with Crippen molar-refractivity contribution in [3.05, 3.63) is 40.5 Å². The number of nitrogens with one attached hydrogen (secondary N) is 3. The van der Waals surface area contributed by atoms with E-state index in [1.807, 2.05) is 26.0 Å². The second-order valence-electron chi connectivity index (χ2n) is 5.00. The number of anilines is 1. The first-order chi connectivity index (χ1) is 9.65. The average Bonchev–Trinajstić information content (AvgIpc) is 2.86. The zero-order valence-electron chi connectivity index (χ0n) is 12.4. The van der Waals surface area contributed by atoms with Crippen molar-refractivity contribution in [3.63, 3.8) is 0 Å². The second-order valence-corrected chi connectivity index (χ2v) is 5.00. The molecule has 1 aliphatic heterocycles. The van der Waals surface area contributed by atoms with Gasteiger partial charge in [0.2, 0.25) is 0 Å². The fourth-order valence-corrected chi connectivity index (χ4v) is 2.41. The SMILES string of the molecule is Cc1ccc(NC(=O)c2n[nH]c3c2CNCC3)c(C)n1.Cl.Cl. The van der Waals surface area contributed by atoms with Crippen molar-refractivity contribution in [1.29, 1.82) is 0 Å². The Morgan fingerprint density at radius 2 is 2.05 bits per heavy atom. The van der Waals surface area contributed by atoms with Gasteiger partial charge < -0.3 is 10.6 Å². The predicted octanol–water partition coefficient (Wildman–Crippen LogP) is 2.16. The third kappa shape index (κ3) is 3.58. The van der Waals surface area contributed by atoms with E-state index in [-0.39, 0.29) is 30.7 Å². The smallest absolute Gasteiger partial charge is 0.276 e. The number of pyridine rings is 1. The van der Waals surface area contributed by atoms with E-state index in [1.165, 1.54) is 0 Å². The molecule has 0 bridgehead atoms. The number of carbonyl (C=O) groups excluding carboxylic acids is 1. The van der Waals surface area contributed by atoms with E-state index < -0.39 is 0 Å². The molecule has 120 valence electrons. The number of hydrogen-bond donors (Lipinski definition) is 3. The van der Waals surface area contributed by atoms with Crippen molar-refractivity contribution in [3.8, 4) is 0 Å². The van der Waals surface area contributed by atoms with E-state index in [0.717, 1.165) is 41.3 Å². The fraction of sp³-hybridized carbons (Fsp3) is 0.357. The highest BCUT2D eigenvalue weighted by atomic mass is 35.5. The molecule has 3 heterocycles. The second kappa shape index (κ2) is 7.58. The van der Waals surface area contributed by atoms with Crippen LogP contribution in [-0.2, 0) is 13.0 Å². The van der Waals surface area contributed by atoms with E-state index in [9.17, 15) is 4.79 Å². The molecule has 6 nitrogen and oxygen atoms in total. The molecule has 0 radical (unpaired) electrons. The van der Waals surface area contributed by atoms with Gasteiger partial charge in [0.15, 0.2) is 5.69 Å².